The highest BCUT2D eigenvalue weighted by Crippen LogP contribution is 2.29. The van der Waals surface area contributed by atoms with Gasteiger partial charge in [0.2, 0.25) is 0 Å². The second-order valence-electron chi connectivity index (χ2n) is 7.30. The van der Waals surface area contributed by atoms with Gasteiger partial charge in [-0.15, -0.1) is 11.3 Å². The largest absolute Gasteiger partial charge is 0.338 e. The number of anilines is 1. The van der Waals surface area contributed by atoms with Crippen LogP contribution in [0.2, 0.25) is 0 Å². The second-order valence-corrected chi connectivity index (χ2v) is 10.2. The minimum Gasteiger partial charge on any atom is -0.338 e. The van der Waals surface area contributed by atoms with Crippen LogP contribution in [0.3, 0.4) is 0 Å². The molecular formula is C22H23N3O3S2. The molecule has 8 heteroatoms. The van der Waals surface area contributed by atoms with E-state index >= 15 is 0 Å². The minimum absolute atomic E-state index is 0.105. The predicted octanol–water partition coefficient (Wildman–Crippen LogP) is 3.99. The average molecular weight is 442 g/mol. The highest BCUT2D eigenvalue weighted by molar-refractivity contribution is 7.92. The van der Waals surface area contributed by atoms with Crippen molar-refractivity contribution in [3.05, 3.63) is 76.7 Å². The Bertz CT molecular complexity index is 1120. The van der Waals surface area contributed by atoms with Gasteiger partial charge in [-0.25, -0.2) is 13.4 Å². The minimum atomic E-state index is -3.77. The Labute approximate surface area is 180 Å². The first kappa shape index (κ1) is 20.6. The molecule has 1 atom stereocenters. The number of benzene rings is 2. The summed E-state index contributed by atoms with van der Waals surface area (Å²) in [6, 6.07) is 15.2. The van der Waals surface area contributed by atoms with Gasteiger partial charge in [0.15, 0.2) is 0 Å². The molecule has 1 unspecified atom stereocenters. The van der Waals surface area contributed by atoms with E-state index < -0.39 is 10.0 Å². The van der Waals surface area contributed by atoms with E-state index in [0.29, 0.717) is 24.3 Å². The lowest BCUT2D eigenvalue weighted by Crippen LogP contribution is -2.39. The zero-order chi connectivity index (χ0) is 21.1. The third-order valence-electron chi connectivity index (χ3n) is 5.37. The van der Waals surface area contributed by atoms with Crippen molar-refractivity contribution in [1.29, 1.82) is 0 Å². The maximum Gasteiger partial charge on any atom is 0.264 e. The van der Waals surface area contributed by atoms with Crippen LogP contribution in [0.15, 0.2) is 71.1 Å². The summed E-state index contributed by atoms with van der Waals surface area (Å²) in [6.07, 6.45) is 3.70. The molecule has 1 aliphatic rings. The Hall–Kier alpha value is -2.71. The van der Waals surface area contributed by atoms with Crippen LogP contribution in [-0.4, -0.2) is 44.3 Å². The molecule has 1 aromatic heterocycles. The lowest BCUT2D eigenvalue weighted by atomic mass is 9.98. The number of carbonyl (C=O) groups is 1. The molecule has 0 radical (unpaired) electrons. The third-order valence-corrected chi connectivity index (χ3v) is 8.09. The van der Waals surface area contributed by atoms with Crippen molar-refractivity contribution < 1.29 is 13.2 Å². The topological polar surface area (TPSA) is 70.6 Å². The standard InChI is InChI=1S/C22H23N3O3S2/c1-24(19-9-3-2-4-10-19)30(27,28)20-11-5-7-17(15-20)22(26)25-13-6-8-18(16-25)21-23-12-14-29-21/h2-5,7,9-12,14-15,18H,6,8,13,16H2,1H3. The van der Waals surface area contributed by atoms with E-state index in [2.05, 4.69) is 4.98 Å². The number of amides is 1. The van der Waals surface area contributed by atoms with E-state index in [1.165, 1.54) is 23.5 Å². The van der Waals surface area contributed by atoms with Gasteiger partial charge in [-0.2, -0.15) is 0 Å². The molecule has 1 fully saturated rings. The number of hydrogen-bond donors (Lipinski definition) is 0. The molecular weight excluding hydrogens is 418 g/mol. The van der Waals surface area contributed by atoms with Crippen LogP contribution in [0.1, 0.15) is 34.1 Å². The number of hydrogen-bond acceptors (Lipinski definition) is 5. The van der Waals surface area contributed by atoms with Gasteiger partial charge in [0.25, 0.3) is 15.9 Å². The Morgan fingerprint density at radius 2 is 1.97 bits per heavy atom. The molecule has 6 nitrogen and oxygen atoms in total. The molecule has 1 saturated heterocycles. The fourth-order valence-corrected chi connectivity index (χ4v) is 5.72. The Balaban J connectivity index is 1.56. The van der Waals surface area contributed by atoms with Gasteiger partial charge in [-0.3, -0.25) is 9.10 Å². The molecule has 1 aliphatic heterocycles. The van der Waals surface area contributed by atoms with E-state index in [4.69, 9.17) is 0 Å². The molecule has 0 bridgehead atoms. The molecule has 2 aromatic carbocycles. The molecule has 3 aromatic rings. The number of aromatic nitrogens is 1. The lowest BCUT2D eigenvalue weighted by molar-refractivity contribution is 0.0707. The number of likely N-dealkylation sites (tertiary alicyclic amines) is 1. The van der Waals surface area contributed by atoms with Crippen molar-refractivity contribution in [2.75, 3.05) is 24.4 Å². The van der Waals surface area contributed by atoms with Gasteiger partial charge in [-0.1, -0.05) is 24.3 Å². The number of carbonyl (C=O) groups excluding carboxylic acids is 1. The van der Waals surface area contributed by atoms with E-state index in [1.54, 1.807) is 53.9 Å². The number of piperidine rings is 1. The lowest BCUT2D eigenvalue weighted by Gasteiger charge is -2.32. The molecule has 1 amide bonds. The van der Waals surface area contributed by atoms with Crippen molar-refractivity contribution in [3.8, 4) is 0 Å². The SMILES string of the molecule is CN(c1ccccc1)S(=O)(=O)c1cccc(C(=O)N2CCCC(c3nccs3)C2)c1. The molecule has 0 spiro atoms. The molecule has 4 rings (SSSR count). The fraction of sp³-hybridized carbons (Fsp3) is 0.273. The normalized spacial score (nSPS) is 17.0. The number of rotatable bonds is 5. The van der Waals surface area contributed by atoms with E-state index in [0.717, 1.165) is 17.8 Å². The van der Waals surface area contributed by atoms with Gasteiger partial charge in [0.1, 0.15) is 0 Å². The number of para-hydroxylation sites is 1. The summed E-state index contributed by atoms with van der Waals surface area (Å²) < 4.78 is 27.4. The third kappa shape index (κ3) is 4.11. The van der Waals surface area contributed by atoms with Crippen molar-refractivity contribution in [3.63, 3.8) is 0 Å². The summed E-state index contributed by atoms with van der Waals surface area (Å²) in [5.74, 6) is 0.0921. The molecule has 0 N–H and O–H groups in total. The zero-order valence-electron chi connectivity index (χ0n) is 16.6. The van der Waals surface area contributed by atoms with Crippen molar-refractivity contribution in [2.45, 2.75) is 23.7 Å². The smallest absolute Gasteiger partial charge is 0.264 e. The van der Waals surface area contributed by atoms with Crippen LogP contribution in [0, 0.1) is 0 Å². The average Bonchev–Trinajstić information content (AvgIpc) is 3.34. The highest BCUT2D eigenvalue weighted by Gasteiger charge is 2.28. The Kier molecular flexibility index (Phi) is 5.87. The number of thiazole rings is 1. The van der Waals surface area contributed by atoms with Gasteiger partial charge in [0, 0.05) is 43.2 Å². The van der Waals surface area contributed by atoms with Gasteiger partial charge < -0.3 is 4.90 Å². The van der Waals surface area contributed by atoms with Crippen LogP contribution in [0.5, 0.6) is 0 Å². The van der Waals surface area contributed by atoms with Gasteiger partial charge in [0.05, 0.1) is 15.6 Å². The first-order valence-corrected chi connectivity index (χ1v) is 12.1. The fourth-order valence-electron chi connectivity index (χ4n) is 3.71. The van der Waals surface area contributed by atoms with Crippen molar-refractivity contribution >= 4 is 33.0 Å². The van der Waals surface area contributed by atoms with Crippen molar-refractivity contribution in [2.24, 2.45) is 0 Å². The summed E-state index contributed by atoms with van der Waals surface area (Å²) in [5.41, 5.74) is 0.953. The summed E-state index contributed by atoms with van der Waals surface area (Å²) in [4.78, 5) is 19.4. The van der Waals surface area contributed by atoms with Crippen LogP contribution < -0.4 is 4.31 Å². The Morgan fingerprint density at radius 3 is 2.70 bits per heavy atom. The monoisotopic (exact) mass is 441 g/mol. The summed E-state index contributed by atoms with van der Waals surface area (Å²) >= 11 is 1.61. The predicted molar refractivity (Wildman–Crippen MR) is 118 cm³/mol. The molecule has 156 valence electrons. The van der Waals surface area contributed by atoms with Crippen LogP contribution in [0.4, 0.5) is 5.69 Å². The quantitative estimate of drug-likeness (QED) is 0.600. The van der Waals surface area contributed by atoms with Crippen LogP contribution >= 0.6 is 11.3 Å². The maximum atomic E-state index is 13.1. The Morgan fingerprint density at radius 1 is 1.17 bits per heavy atom. The van der Waals surface area contributed by atoms with Crippen molar-refractivity contribution in [1.82, 2.24) is 9.88 Å². The highest BCUT2D eigenvalue weighted by atomic mass is 32.2. The molecule has 0 saturated carbocycles. The maximum absolute atomic E-state index is 13.1. The van der Waals surface area contributed by atoms with Crippen LogP contribution in [-0.2, 0) is 10.0 Å². The number of sulfonamides is 1. The zero-order valence-corrected chi connectivity index (χ0v) is 18.3. The summed E-state index contributed by atoms with van der Waals surface area (Å²) in [6.45, 7) is 1.27. The molecule has 0 aliphatic carbocycles. The molecule has 2 heterocycles. The number of nitrogens with zero attached hydrogens (tertiary/aromatic N) is 3. The second kappa shape index (κ2) is 8.57. The summed E-state index contributed by atoms with van der Waals surface area (Å²) in [5, 5.41) is 3.00. The summed E-state index contributed by atoms with van der Waals surface area (Å²) in [7, 11) is -2.25. The van der Waals surface area contributed by atoms with E-state index in [-0.39, 0.29) is 16.7 Å². The first-order chi connectivity index (χ1) is 14.5. The van der Waals surface area contributed by atoms with Gasteiger partial charge >= 0.3 is 0 Å². The van der Waals surface area contributed by atoms with E-state index in [9.17, 15) is 13.2 Å². The van der Waals surface area contributed by atoms with Gasteiger partial charge in [-0.05, 0) is 43.2 Å². The first-order valence-electron chi connectivity index (χ1n) is 9.79. The molecule has 30 heavy (non-hydrogen) atoms. The van der Waals surface area contributed by atoms with E-state index in [1.807, 2.05) is 16.3 Å². The van der Waals surface area contributed by atoms with Crippen LogP contribution in [0.25, 0.3) is 0 Å².